The van der Waals surface area contributed by atoms with Crippen molar-refractivity contribution in [2.24, 2.45) is 5.41 Å². The normalized spacial score (nSPS) is 11.0. The maximum absolute atomic E-state index is 12.4. The number of hydrogen-bond donors (Lipinski definition) is 0. The zero-order valence-corrected chi connectivity index (χ0v) is 14.8. The second kappa shape index (κ2) is 11.9. The lowest BCUT2D eigenvalue weighted by Crippen LogP contribution is -2.49. The Morgan fingerprint density at radius 2 is 1.04 bits per heavy atom. The molecule has 0 spiro atoms. The monoisotopic (exact) mass is 330 g/mol. The summed E-state index contributed by atoms with van der Waals surface area (Å²) in [7, 11) is 0. The second-order valence-corrected chi connectivity index (χ2v) is 5.23. The van der Waals surface area contributed by atoms with Gasteiger partial charge in [0.1, 0.15) is 0 Å². The summed E-state index contributed by atoms with van der Waals surface area (Å²) in [5.74, 6) is -2.65. The Bertz CT molecular complexity index is 332. The van der Waals surface area contributed by atoms with Crippen molar-refractivity contribution < 1.29 is 28.6 Å². The van der Waals surface area contributed by atoms with Crippen molar-refractivity contribution in [3.8, 4) is 0 Å². The summed E-state index contributed by atoms with van der Waals surface area (Å²) in [5, 5.41) is 0. The molecule has 6 heteroatoms. The molecule has 0 aromatic rings. The van der Waals surface area contributed by atoms with Crippen LogP contribution in [0.4, 0.5) is 0 Å². The first-order valence-electron chi connectivity index (χ1n) is 8.52. The van der Waals surface area contributed by atoms with Crippen molar-refractivity contribution in [2.75, 3.05) is 19.8 Å². The van der Waals surface area contributed by atoms with Crippen LogP contribution in [0.25, 0.3) is 0 Å². The first-order valence-corrected chi connectivity index (χ1v) is 8.52. The fourth-order valence-electron chi connectivity index (χ4n) is 2.31. The molecule has 0 radical (unpaired) electrons. The van der Waals surface area contributed by atoms with Crippen LogP contribution in [-0.4, -0.2) is 37.7 Å². The lowest BCUT2D eigenvalue weighted by Gasteiger charge is -2.27. The van der Waals surface area contributed by atoms with Gasteiger partial charge in [0.25, 0.3) is 5.41 Å². The minimum Gasteiger partial charge on any atom is -0.465 e. The number of rotatable bonds is 12. The van der Waals surface area contributed by atoms with Gasteiger partial charge in [-0.1, -0.05) is 39.0 Å². The quantitative estimate of drug-likeness (QED) is 0.237. The van der Waals surface area contributed by atoms with E-state index in [0.29, 0.717) is 6.42 Å². The molecule has 0 aromatic heterocycles. The summed E-state index contributed by atoms with van der Waals surface area (Å²) >= 11 is 0. The maximum Gasteiger partial charge on any atom is 0.335 e. The average Bonchev–Trinajstić information content (AvgIpc) is 2.51. The minimum atomic E-state index is -2.01. The zero-order valence-electron chi connectivity index (χ0n) is 14.8. The van der Waals surface area contributed by atoms with E-state index in [1.807, 2.05) is 0 Å². The third kappa shape index (κ3) is 6.20. The fourth-order valence-corrected chi connectivity index (χ4v) is 2.31. The SMILES string of the molecule is CCCCCCCC(C(=O)OCC)(C(=O)OCC)C(=O)OCC. The Hall–Kier alpha value is -1.59. The van der Waals surface area contributed by atoms with Gasteiger partial charge in [0, 0.05) is 0 Å². The molecule has 0 saturated carbocycles. The standard InChI is InChI=1S/C17H30O6/c1-5-9-10-11-12-13-17(14(18)21-6-2,15(19)22-7-3)16(20)23-8-4/h5-13H2,1-4H3. The van der Waals surface area contributed by atoms with Crippen LogP contribution in [0.1, 0.15) is 66.2 Å². The van der Waals surface area contributed by atoms with Crippen LogP contribution in [0, 0.1) is 5.41 Å². The Morgan fingerprint density at radius 3 is 1.39 bits per heavy atom. The number of carbonyl (C=O) groups excluding carboxylic acids is 3. The van der Waals surface area contributed by atoms with E-state index in [0.717, 1.165) is 25.7 Å². The molecule has 6 nitrogen and oxygen atoms in total. The highest BCUT2D eigenvalue weighted by molar-refractivity contribution is 6.17. The Morgan fingerprint density at radius 1 is 0.652 bits per heavy atom. The van der Waals surface area contributed by atoms with Gasteiger partial charge in [-0.05, 0) is 27.2 Å². The van der Waals surface area contributed by atoms with E-state index < -0.39 is 23.3 Å². The highest BCUT2D eigenvalue weighted by Crippen LogP contribution is 2.31. The van der Waals surface area contributed by atoms with Gasteiger partial charge in [0.05, 0.1) is 19.8 Å². The van der Waals surface area contributed by atoms with Crippen LogP contribution in [-0.2, 0) is 28.6 Å². The van der Waals surface area contributed by atoms with E-state index in [-0.39, 0.29) is 26.2 Å². The third-order valence-corrected chi connectivity index (χ3v) is 3.53. The van der Waals surface area contributed by atoms with E-state index in [1.54, 1.807) is 20.8 Å². The summed E-state index contributed by atoms with van der Waals surface area (Å²) in [6.07, 6.45) is 4.57. The van der Waals surface area contributed by atoms with Crippen LogP contribution < -0.4 is 0 Å². The summed E-state index contributed by atoms with van der Waals surface area (Å²) < 4.78 is 14.9. The molecule has 0 amide bonds. The molecule has 0 aromatic carbocycles. The topological polar surface area (TPSA) is 78.9 Å². The molecule has 0 atom stereocenters. The van der Waals surface area contributed by atoms with Gasteiger partial charge >= 0.3 is 17.9 Å². The first kappa shape index (κ1) is 21.4. The Balaban J connectivity index is 5.33. The van der Waals surface area contributed by atoms with Crippen LogP contribution in [0.15, 0.2) is 0 Å². The van der Waals surface area contributed by atoms with Crippen LogP contribution in [0.2, 0.25) is 0 Å². The Labute approximate surface area is 138 Å². The predicted molar refractivity (Wildman–Crippen MR) is 85.7 cm³/mol. The van der Waals surface area contributed by atoms with Crippen molar-refractivity contribution in [1.82, 2.24) is 0 Å². The van der Waals surface area contributed by atoms with Crippen LogP contribution in [0.5, 0.6) is 0 Å². The van der Waals surface area contributed by atoms with Gasteiger partial charge in [0.2, 0.25) is 0 Å². The third-order valence-electron chi connectivity index (χ3n) is 3.53. The average molecular weight is 330 g/mol. The number of hydrogen-bond acceptors (Lipinski definition) is 6. The first-order chi connectivity index (χ1) is 11.0. The number of ether oxygens (including phenoxy) is 3. The van der Waals surface area contributed by atoms with Crippen molar-refractivity contribution in [2.45, 2.75) is 66.2 Å². The van der Waals surface area contributed by atoms with Gasteiger partial charge in [0.15, 0.2) is 0 Å². The number of carbonyl (C=O) groups is 3. The predicted octanol–water partition coefficient (Wildman–Crippen LogP) is 3.02. The molecule has 0 aliphatic rings. The summed E-state index contributed by atoms with van der Waals surface area (Å²) in [4.78, 5) is 37.2. The van der Waals surface area contributed by atoms with E-state index in [1.165, 1.54) is 0 Å². The fraction of sp³-hybridized carbons (Fsp3) is 0.824. The molecule has 0 heterocycles. The van der Waals surface area contributed by atoms with Gasteiger partial charge in [-0.3, -0.25) is 14.4 Å². The van der Waals surface area contributed by atoms with E-state index in [4.69, 9.17) is 14.2 Å². The molecule has 0 N–H and O–H groups in total. The molecule has 0 rings (SSSR count). The van der Waals surface area contributed by atoms with Gasteiger partial charge in [-0.25, -0.2) is 0 Å². The molecule has 0 unspecified atom stereocenters. The van der Waals surface area contributed by atoms with E-state index in [2.05, 4.69) is 6.92 Å². The molecular formula is C17H30O6. The number of esters is 3. The van der Waals surface area contributed by atoms with Gasteiger partial charge in [-0.15, -0.1) is 0 Å². The van der Waals surface area contributed by atoms with Crippen molar-refractivity contribution in [3.63, 3.8) is 0 Å². The van der Waals surface area contributed by atoms with Crippen LogP contribution >= 0.6 is 0 Å². The van der Waals surface area contributed by atoms with Gasteiger partial charge in [-0.2, -0.15) is 0 Å². The van der Waals surface area contributed by atoms with Crippen LogP contribution in [0.3, 0.4) is 0 Å². The van der Waals surface area contributed by atoms with Gasteiger partial charge < -0.3 is 14.2 Å². The highest BCUT2D eigenvalue weighted by Gasteiger charge is 2.56. The number of unbranched alkanes of at least 4 members (excludes halogenated alkanes) is 4. The largest absolute Gasteiger partial charge is 0.465 e. The molecule has 23 heavy (non-hydrogen) atoms. The molecule has 0 fully saturated rings. The molecule has 0 bridgehead atoms. The van der Waals surface area contributed by atoms with Crippen molar-refractivity contribution >= 4 is 17.9 Å². The molecule has 0 aliphatic carbocycles. The van der Waals surface area contributed by atoms with E-state index in [9.17, 15) is 14.4 Å². The van der Waals surface area contributed by atoms with E-state index >= 15 is 0 Å². The minimum absolute atomic E-state index is 0.0488. The lowest BCUT2D eigenvalue weighted by molar-refractivity contribution is -0.184. The lowest BCUT2D eigenvalue weighted by atomic mass is 9.82. The van der Waals surface area contributed by atoms with Crippen molar-refractivity contribution in [1.29, 1.82) is 0 Å². The summed E-state index contributed by atoms with van der Waals surface area (Å²) in [6, 6.07) is 0. The maximum atomic E-state index is 12.4. The zero-order chi connectivity index (χ0) is 17.7. The second-order valence-electron chi connectivity index (χ2n) is 5.23. The van der Waals surface area contributed by atoms with Crippen molar-refractivity contribution in [3.05, 3.63) is 0 Å². The molecule has 0 aliphatic heterocycles. The smallest absolute Gasteiger partial charge is 0.335 e. The summed E-state index contributed by atoms with van der Waals surface area (Å²) in [6.45, 7) is 7.21. The highest BCUT2D eigenvalue weighted by atomic mass is 16.6. The molecule has 0 saturated heterocycles. The molecular weight excluding hydrogens is 300 g/mol. The molecule has 134 valence electrons. The Kier molecular flexibility index (Phi) is 11.1. The summed E-state index contributed by atoms with van der Waals surface area (Å²) in [5.41, 5.74) is -2.01.